The van der Waals surface area contributed by atoms with Crippen molar-refractivity contribution in [2.45, 2.75) is 18.6 Å². The molecule has 0 spiro atoms. The molecule has 5 aromatic carbocycles. The lowest BCUT2D eigenvalue weighted by atomic mass is 9.97. The number of amides is 2. The second-order valence-electron chi connectivity index (χ2n) is 10.1. The van der Waals surface area contributed by atoms with Crippen LogP contribution in [0.5, 0.6) is 0 Å². The van der Waals surface area contributed by atoms with E-state index in [1.165, 1.54) is 4.90 Å². The van der Waals surface area contributed by atoms with E-state index in [2.05, 4.69) is 22.6 Å². The van der Waals surface area contributed by atoms with Gasteiger partial charge < -0.3 is 14.9 Å². The van der Waals surface area contributed by atoms with Crippen LogP contribution in [0.4, 0.5) is 5.69 Å². The standard InChI is InChI=1S/C34H24ClIN2O4/c35-26-14-12-24(13-15-26)30-33(40)37(20-21-10-11-22-6-4-5-9-25(22)18-21)29-17-16-27(36)19-28(29)32(39)38(30)31(34(41)42)23-7-2-1-3-8-23/h1-19,30-31H,20H2,(H,41,42). The average Bonchev–Trinajstić information content (AvgIpc) is 3.07. The molecule has 2 unspecified atom stereocenters. The minimum Gasteiger partial charge on any atom is -0.479 e. The van der Waals surface area contributed by atoms with Crippen LogP contribution < -0.4 is 4.90 Å². The van der Waals surface area contributed by atoms with Gasteiger partial charge in [-0.2, -0.15) is 0 Å². The van der Waals surface area contributed by atoms with Gasteiger partial charge >= 0.3 is 5.97 Å². The van der Waals surface area contributed by atoms with Gasteiger partial charge in [0.1, 0.15) is 6.04 Å². The molecule has 2 amide bonds. The molecule has 0 radical (unpaired) electrons. The highest BCUT2D eigenvalue weighted by Gasteiger charge is 2.46. The van der Waals surface area contributed by atoms with Crippen molar-refractivity contribution in [1.29, 1.82) is 0 Å². The van der Waals surface area contributed by atoms with Crippen LogP contribution in [0.15, 0.2) is 115 Å². The van der Waals surface area contributed by atoms with Gasteiger partial charge in [0.2, 0.25) is 0 Å². The first-order valence-corrected chi connectivity index (χ1v) is 14.7. The number of rotatable bonds is 6. The number of halogens is 2. The molecule has 0 aliphatic carbocycles. The summed E-state index contributed by atoms with van der Waals surface area (Å²) in [5.74, 6) is -2.20. The van der Waals surface area contributed by atoms with Crippen molar-refractivity contribution in [1.82, 2.24) is 4.90 Å². The fourth-order valence-electron chi connectivity index (χ4n) is 5.51. The van der Waals surface area contributed by atoms with Gasteiger partial charge in [-0.15, -0.1) is 0 Å². The fraction of sp³-hybridized carbons (Fsp3) is 0.0882. The minimum absolute atomic E-state index is 0.186. The van der Waals surface area contributed by atoms with Crippen molar-refractivity contribution in [3.63, 3.8) is 0 Å². The van der Waals surface area contributed by atoms with Crippen LogP contribution in [0.1, 0.15) is 39.1 Å². The van der Waals surface area contributed by atoms with Gasteiger partial charge in [0.15, 0.2) is 6.04 Å². The molecule has 1 aliphatic rings. The molecule has 0 bridgehead atoms. The smallest absolute Gasteiger partial charge is 0.331 e. The van der Waals surface area contributed by atoms with E-state index in [4.69, 9.17) is 11.6 Å². The summed E-state index contributed by atoms with van der Waals surface area (Å²) < 4.78 is 0.786. The number of fused-ring (bicyclic) bond motifs is 2. The lowest BCUT2D eigenvalue weighted by Crippen LogP contribution is -2.46. The molecular formula is C34H24ClIN2O4. The van der Waals surface area contributed by atoms with Crippen LogP contribution in [0.2, 0.25) is 5.02 Å². The number of anilines is 1. The zero-order valence-electron chi connectivity index (χ0n) is 22.2. The van der Waals surface area contributed by atoms with Gasteiger partial charge in [0.05, 0.1) is 17.8 Å². The number of carboxylic acid groups (broad SMARTS) is 1. The minimum atomic E-state index is -1.42. The Bertz CT molecular complexity index is 1830. The highest BCUT2D eigenvalue weighted by molar-refractivity contribution is 14.1. The number of benzene rings is 5. The summed E-state index contributed by atoms with van der Waals surface area (Å²) in [5.41, 5.74) is 2.42. The highest BCUT2D eigenvalue weighted by atomic mass is 127. The van der Waals surface area contributed by atoms with E-state index in [1.54, 1.807) is 71.6 Å². The molecule has 6 nitrogen and oxygen atoms in total. The Balaban J connectivity index is 1.57. The van der Waals surface area contributed by atoms with Gasteiger partial charge in [0.25, 0.3) is 11.8 Å². The van der Waals surface area contributed by atoms with E-state index >= 15 is 0 Å². The van der Waals surface area contributed by atoms with Gasteiger partial charge in [-0.1, -0.05) is 90.5 Å². The van der Waals surface area contributed by atoms with Crippen LogP contribution in [0.3, 0.4) is 0 Å². The number of nitrogens with zero attached hydrogens (tertiary/aromatic N) is 2. The highest BCUT2D eigenvalue weighted by Crippen LogP contribution is 2.41. The molecule has 1 N–H and O–H groups in total. The Labute approximate surface area is 261 Å². The average molecular weight is 687 g/mol. The summed E-state index contributed by atoms with van der Waals surface area (Å²) in [6.07, 6.45) is 0. The number of hydrogen-bond donors (Lipinski definition) is 1. The first kappa shape index (κ1) is 27.9. The van der Waals surface area contributed by atoms with Gasteiger partial charge in [-0.3, -0.25) is 9.59 Å². The summed E-state index contributed by atoms with van der Waals surface area (Å²) in [7, 11) is 0. The first-order valence-electron chi connectivity index (χ1n) is 13.3. The van der Waals surface area contributed by atoms with Crippen LogP contribution in [-0.4, -0.2) is 27.8 Å². The SMILES string of the molecule is O=C(O)C(c1ccccc1)N1C(=O)c2cc(I)ccc2N(Cc2ccc3ccccc3c2)C(=O)C1c1ccc(Cl)cc1. The number of hydrogen-bond acceptors (Lipinski definition) is 3. The molecule has 2 atom stereocenters. The predicted octanol–water partition coefficient (Wildman–Crippen LogP) is 7.65. The molecule has 8 heteroatoms. The van der Waals surface area contributed by atoms with Crippen molar-refractivity contribution in [3.05, 3.63) is 146 Å². The molecule has 0 fully saturated rings. The van der Waals surface area contributed by atoms with Crippen molar-refractivity contribution in [2.75, 3.05) is 4.90 Å². The Morgan fingerprint density at radius 1 is 0.833 bits per heavy atom. The van der Waals surface area contributed by atoms with Crippen molar-refractivity contribution in [2.24, 2.45) is 0 Å². The molecule has 0 saturated carbocycles. The van der Waals surface area contributed by atoms with E-state index < -0.39 is 29.9 Å². The summed E-state index contributed by atoms with van der Waals surface area (Å²) in [5, 5.41) is 13.1. The van der Waals surface area contributed by atoms with E-state index in [0.29, 0.717) is 21.8 Å². The molecule has 5 aromatic rings. The van der Waals surface area contributed by atoms with Crippen molar-refractivity contribution >= 4 is 68.4 Å². The van der Waals surface area contributed by atoms with Crippen LogP contribution in [0, 0.1) is 3.57 Å². The third kappa shape index (κ3) is 5.26. The van der Waals surface area contributed by atoms with Crippen molar-refractivity contribution < 1.29 is 19.5 Å². The van der Waals surface area contributed by atoms with Crippen LogP contribution >= 0.6 is 34.2 Å². The number of aliphatic carboxylic acids is 1. The van der Waals surface area contributed by atoms with Crippen LogP contribution in [-0.2, 0) is 16.1 Å². The summed E-state index contributed by atoms with van der Waals surface area (Å²) in [6, 6.07) is 31.8. The third-order valence-corrected chi connectivity index (χ3v) is 8.38. The molecular weight excluding hydrogens is 663 g/mol. The maximum Gasteiger partial charge on any atom is 0.331 e. The Hall–Kier alpha value is -4.21. The maximum absolute atomic E-state index is 14.8. The number of carbonyl (C=O) groups is 3. The Kier molecular flexibility index (Phi) is 7.70. The molecule has 1 heterocycles. The van der Waals surface area contributed by atoms with E-state index in [1.807, 2.05) is 48.5 Å². The quantitative estimate of drug-likeness (QED) is 0.186. The number of carboxylic acids is 1. The Morgan fingerprint density at radius 2 is 1.52 bits per heavy atom. The predicted molar refractivity (Wildman–Crippen MR) is 171 cm³/mol. The molecule has 208 valence electrons. The normalized spacial score (nSPS) is 15.8. The molecule has 0 saturated heterocycles. The molecule has 1 aliphatic heterocycles. The fourth-order valence-corrected chi connectivity index (χ4v) is 6.13. The lowest BCUT2D eigenvalue weighted by molar-refractivity contribution is -0.144. The molecule has 6 rings (SSSR count). The second kappa shape index (κ2) is 11.6. The van der Waals surface area contributed by atoms with Gasteiger partial charge in [0, 0.05) is 8.59 Å². The third-order valence-electron chi connectivity index (χ3n) is 7.46. The Morgan fingerprint density at radius 3 is 2.24 bits per heavy atom. The largest absolute Gasteiger partial charge is 0.479 e. The summed E-state index contributed by atoms with van der Waals surface area (Å²) in [6.45, 7) is 0.186. The lowest BCUT2D eigenvalue weighted by Gasteiger charge is -2.35. The van der Waals surface area contributed by atoms with Crippen molar-refractivity contribution in [3.8, 4) is 0 Å². The molecule has 42 heavy (non-hydrogen) atoms. The monoisotopic (exact) mass is 686 g/mol. The van der Waals surface area contributed by atoms with Crippen LogP contribution in [0.25, 0.3) is 10.8 Å². The van der Waals surface area contributed by atoms with Gasteiger partial charge in [-0.05, 0) is 86.5 Å². The topological polar surface area (TPSA) is 77.9 Å². The summed E-state index contributed by atoms with van der Waals surface area (Å²) in [4.78, 5) is 45.0. The van der Waals surface area contributed by atoms with E-state index in [-0.39, 0.29) is 12.1 Å². The van der Waals surface area contributed by atoms with E-state index in [0.717, 1.165) is 19.9 Å². The maximum atomic E-state index is 14.8. The second-order valence-corrected chi connectivity index (χ2v) is 11.8. The van der Waals surface area contributed by atoms with Gasteiger partial charge in [-0.25, -0.2) is 4.79 Å². The van der Waals surface area contributed by atoms with E-state index in [9.17, 15) is 19.5 Å². The molecule has 0 aromatic heterocycles. The zero-order chi connectivity index (χ0) is 29.4. The summed E-state index contributed by atoms with van der Waals surface area (Å²) >= 11 is 8.32. The number of carbonyl (C=O) groups excluding carboxylic acids is 2. The zero-order valence-corrected chi connectivity index (χ0v) is 25.1. The first-order chi connectivity index (χ1) is 20.3.